The second kappa shape index (κ2) is 6.36. The topological polar surface area (TPSA) is 63.4 Å². The third-order valence-electron chi connectivity index (χ3n) is 4.36. The first-order valence-electron chi connectivity index (χ1n) is 7.27. The normalized spacial score (nSPS) is 27.8. The Bertz CT molecular complexity index is 618. The van der Waals surface area contributed by atoms with Crippen molar-refractivity contribution in [2.24, 2.45) is 17.6 Å². The minimum atomic E-state index is -3.51. The van der Waals surface area contributed by atoms with Crippen molar-refractivity contribution in [1.29, 1.82) is 0 Å². The molecule has 2 N–H and O–H groups in total. The molecule has 1 aromatic rings. The zero-order valence-corrected chi connectivity index (χ0v) is 15.1. The molecular formula is C15H23BrN2O2S. The number of hydrogen-bond donors (Lipinski definition) is 1. The van der Waals surface area contributed by atoms with E-state index < -0.39 is 10.0 Å². The lowest BCUT2D eigenvalue weighted by Gasteiger charge is -2.40. The van der Waals surface area contributed by atoms with Gasteiger partial charge in [0.05, 0.1) is 4.90 Å². The van der Waals surface area contributed by atoms with E-state index in [1.165, 1.54) is 0 Å². The number of nitrogens with zero attached hydrogens (tertiary/aromatic N) is 1. The van der Waals surface area contributed by atoms with Crippen molar-refractivity contribution in [2.75, 3.05) is 6.54 Å². The summed E-state index contributed by atoms with van der Waals surface area (Å²) >= 11 is 3.37. The average molecular weight is 375 g/mol. The fraction of sp³-hybridized carbons (Fsp3) is 0.600. The van der Waals surface area contributed by atoms with Crippen molar-refractivity contribution in [1.82, 2.24) is 4.31 Å². The summed E-state index contributed by atoms with van der Waals surface area (Å²) < 4.78 is 28.3. The fourth-order valence-corrected chi connectivity index (χ4v) is 5.80. The Morgan fingerprint density at radius 3 is 2.62 bits per heavy atom. The quantitative estimate of drug-likeness (QED) is 0.884. The number of halogens is 1. The van der Waals surface area contributed by atoms with Crippen LogP contribution in [0.5, 0.6) is 0 Å². The summed E-state index contributed by atoms with van der Waals surface area (Å²) in [5.41, 5.74) is 6.46. The molecule has 1 aromatic carbocycles. The number of hydrogen-bond acceptors (Lipinski definition) is 3. The molecule has 1 aliphatic heterocycles. The van der Waals surface area contributed by atoms with Gasteiger partial charge in [0.25, 0.3) is 0 Å². The molecule has 4 nitrogen and oxygen atoms in total. The lowest BCUT2D eigenvalue weighted by molar-refractivity contribution is 0.157. The van der Waals surface area contributed by atoms with Crippen molar-refractivity contribution in [3.05, 3.63) is 28.2 Å². The van der Waals surface area contributed by atoms with Crippen LogP contribution in [0, 0.1) is 11.8 Å². The summed E-state index contributed by atoms with van der Waals surface area (Å²) in [4.78, 5) is 0.318. The van der Waals surface area contributed by atoms with Crippen LogP contribution in [-0.4, -0.2) is 25.3 Å². The van der Waals surface area contributed by atoms with E-state index in [1.54, 1.807) is 16.4 Å². The van der Waals surface area contributed by atoms with E-state index in [1.807, 2.05) is 13.0 Å². The van der Waals surface area contributed by atoms with Crippen molar-refractivity contribution < 1.29 is 8.42 Å². The predicted molar refractivity (Wildman–Crippen MR) is 88.3 cm³/mol. The van der Waals surface area contributed by atoms with Crippen LogP contribution in [0.4, 0.5) is 0 Å². The highest BCUT2D eigenvalue weighted by Crippen LogP contribution is 2.34. The van der Waals surface area contributed by atoms with Gasteiger partial charge in [-0.3, -0.25) is 0 Å². The van der Waals surface area contributed by atoms with E-state index in [9.17, 15) is 8.42 Å². The van der Waals surface area contributed by atoms with Crippen molar-refractivity contribution in [3.63, 3.8) is 0 Å². The van der Waals surface area contributed by atoms with E-state index in [4.69, 9.17) is 5.73 Å². The summed E-state index contributed by atoms with van der Waals surface area (Å²) in [7, 11) is -3.51. The molecule has 118 valence electrons. The maximum absolute atomic E-state index is 13.0. The van der Waals surface area contributed by atoms with Crippen LogP contribution in [0.2, 0.25) is 0 Å². The molecule has 2 rings (SSSR count). The van der Waals surface area contributed by atoms with E-state index in [2.05, 4.69) is 29.8 Å². The largest absolute Gasteiger partial charge is 0.326 e. The Hall–Kier alpha value is -0.430. The summed E-state index contributed by atoms with van der Waals surface area (Å²) in [5, 5.41) is 0. The molecule has 0 spiro atoms. The molecule has 1 aliphatic rings. The number of piperidine rings is 1. The molecule has 1 heterocycles. The van der Waals surface area contributed by atoms with Crippen molar-refractivity contribution >= 4 is 26.0 Å². The van der Waals surface area contributed by atoms with E-state index in [0.29, 0.717) is 34.3 Å². The van der Waals surface area contributed by atoms with Gasteiger partial charge < -0.3 is 5.73 Å². The molecule has 0 saturated carbocycles. The van der Waals surface area contributed by atoms with Gasteiger partial charge in [-0.2, -0.15) is 4.31 Å². The van der Waals surface area contributed by atoms with Crippen LogP contribution in [-0.2, 0) is 16.6 Å². The van der Waals surface area contributed by atoms with Gasteiger partial charge in [-0.15, -0.1) is 0 Å². The summed E-state index contributed by atoms with van der Waals surface area (Å²) in [6.07, 6.45) is 1.07. The Morgan fingerprint density at radius 2 is 2.00 bits per heavy atom. The van der Waals surface area contributed by atoms with Crippen LogP contribution in [0.3, 0.4) is 0 Å². The highest BCUT2D eigenvalue weighted by molar-refractivity contribution is 9.10. The number of benzene rings is 1. The molecular weight excluding hydrogens is 352 g/mol. The Kier molecular flexibility index (Phi) is 5.13. The zero-order chi connectivity index (χ0) is 15.8. The molecule has 0 amide bonds. The standard InChI is InChI=1S/C15H23BrN2O2S/c1-10-6-11(2)12(3)18(9-10)21(19,20)15-7-13(8-17)4-5-14(15)16/h4-5,7,10-12H,6,8-9,17H2,1-3H3. The first kappa shape index (κ1) is 16.9. The molecule has 0 aliphatic carbocycles. The Balaban J connectivity index is 2.46. The van der Waals surface area contributed by atoms with Gasteiger partial charge in [-0.1, -0.05) is 19.9 Å². The van der Waals surface area contributed by atoms with Crippen LogP contribution < -0.4 is 5.73 Å². The van der Waals surface area contributed by atoms with Gasteiger partial charge in [0.15, 0.2) is 0 Å². The number of sulfonamides is 1. The van der Waals surface area contributed by atoms with Gasteiger partial charge in [0.1, 0.15) is 0 Å². The molecule has 1 saturated heterocycles. The smallest absolute Gasteiger partial charge is 0.244 e. The SMILES string of the molecule is CC1CC(C)C(C)N(S(=O)(=O)c2cc(CN)ccc2Br)C1. The highest BCUT2D eigenvalue weighted by atomic mass is 79.9. The lowest BCUT2D eigenvalue weighted by Crippen LogP contribution is -2.48. The van der Waals surface area contributed by atoms with E-state index >= 15 is 0 Å². The van der Waals surface area contributed by atoms with Crippen LogP contribution in [0.1, 0.15) is 32.8 Å². The average Bonchev–Trinajstić information content (AvgIpc) is 2.43. The molecule has 1 fully saturated rings. The Labute approximate surface area is 135 Å². The summed E-state index contributed by atoms with van der Waals surface area (Å²) in [6, 6.07) is 5.29. The lowest BCUT2D eigenvalue weighted by atomic mass is 9.88. The maximum atomic E-state index is 13.0. The molecule has 6 heteroatoms. The predicted octanol–water partition coefficient (Wildman–Crippen LogP) is 2.96. The van der Waals surface area contributed by atoms with Gasteiger partial charge in [-0.05, 0) is 58.8 Å². The maximum Gasteiger partial charge on any atom is 0.244 e. The molecule has 0 aromatic heterocycles. The van der Waals surface area contributed by atoms with Crippen molar-refractivity contribution in [3.8, 4) is 0 Å². The van der Waals surface area contributed by atoms with Crippen LogP contribution >= 0.6 is 15.9 Å². The number of rotatable bonds is 3. The van der Waals surface area contributed by atoms with Gasteiger partial charge in [0.2, 0.25) is 10.0 Å². The fourth-order valence-electron chi connectivity index (χ4n) is 2.98. The van der Waals surface area contributed by atoms with E-state index in [0.717, 1.165) is 12.0 Å². The van der Waals surface area contributed by atoms with E-state index in [-0.39, 0.29) is 6.04 Å². The first-order chi connectivity index (χ1) is 9.77. The van der Waals surface area contributed by atoms with Gasteiger partial charge in [-0.25, -0.2) is 8.42 Å². The molecule has 0 bridgehead atoms. The molecule has 3 unspecified atom stereocenters. The third-order valence-corrected chi connectivity index (χ3v) is 7.31. The van der Waals surface area contributed by atoms with Crippen LogP contribution in [0.25, 0.3) is 0 Å². The van der Waals surface area contributed by atoms with Gasteiger partial charge >= 0.3 is 0 Å². The Morgan fingerprint density at radius 1 is 1.33 bits per heavy atom. The second-order valence-electron chi connectivity index (χ2n) is 6.10. The van der Waals surface area contributed by atoms with Gasteiger partial charge in [0, 0.05) is 23.6 Å². The highest BCUT2D eigenvalue weighted by Gasteiger charge is 2.37. The zero-order valence-electron chi connectivity index (χ0n) is 12.7. The summed E-state index contributed by atoms with van der Waals surface area (Å²) in [6.45, 7) is 7.13. The summed E-state index contributed by atoms with van der Waals surface area (Å²) in [5.74, 6) is 0.738. The monoisotopic (exact) mass is 374 g/mol. The minimum absolute atomic E-state index is 0.0135. The molecule has 21 heavy (non-hydrogen) atoms. The third kappa shape index (κ3) is 3.33. The number of nitrogens with two attached hydrogens (primary N) is 1. The molecule has 0 radical (unpaired) electrons. The minimum Gasteiger partial charge on any atom is -0.326 e. The van der Waals surface area contributed by atoms with Crippen molar-refractivity contribution in [2.45, 2.75) is 44.7 Å². The first-order valence-corrected chi connectivity index (χ1v) is 9.51. The second-order valence-corrected chi connectivity index (χ2v) is 8.82. The molecule has 3 atom stereocenters. The van der Waals surface area contributed by atoms with Crippen LogP contribution in [0.15, 0.2) is 27.6 Å².